The summed E-state index contributed by atoms with van der Waals surface area (Å²) >= 11 is 0. The van der Waals surface area contributed by atoms with Crippen LogP contribution in [0.2, 0.25) is 0 Å². The summed E-state index contributed by atoms with van der Waals surface area (Å²) in [5, 5.41) is 11.2. The van der Waals surface area contributed by atoms with Gasteiger partial charge in [0, 0.05) is 18.6 Å². The van der Waals surface area contributed by atoms with Crippen molar-refractivity contribution in [2.24, 2.45) is 16.7 Å². The second-order valence-corrected chi connectivity index (χ2v) is 8.07. The molecule has 0 radical (unpaired) electrons. The van der Waals surface area contributed by atoms with Gasteiger partial charge in [-0.05, 0) is 23.7 Å². The predicted octanol–water partition coefficient (Wildman–Crippen LogP) is 4.97. The Hall–Kier alpha value is -0.860. The summed E-state index contributed by atoms with van der Waals surface area (Å²) in [5.74, 6) is -0.900. The summed E-state index contributed by atoms with van der Waals surface area (Å²) in [6.45, 7) is 15.8. The Morgan fingerprint density at radius 2 is 1.43 bits per heavy atom. The minimum atomic E-state index is -1.22. The van der Waals surface area contributed by atoms with E-state index in [2.05, 4.69) is 41.5 Å². The molecule has 0 aromatic heterocycles. The minimum Gasteiger partial charge on any atom is -0.362 e. The number of hydrogen-bond acceptors (Lipinski definition) is 2. The molecule has 0 aliphatic carbocycles. The van der Waals surface area contributed by atoms with E-state index in [1.165, 1.54) is 0 Å². The first-order valence-corrected chi connectivity index (χ1v) is 7.92. The molecule has 2 heteroatoms. The van der Waals surface area contributed by atoms with E-state index >= 15 is 0 Å². The highest BCUT2D eigenvalue weighted by atomic mass is 16.6. The van der Waals surface area contributed by atoms with Gasteiger partial charge in [-0.25, -0.2) is 0 Å². The van der Waals surface area contributed by atoms with Crippen LogP contribution in [0.15, 0.2) is 30.3 Å². The number of ether oxygens (including phenoxy) is 1. The third kappa shape index (κ3) is 4.82. The predicted molar refractivity (Wildman–Crippen MR) is 89.0 cm³/mol. The molecule has 0 saturated heterocycles. The molecule has 0 saturated carbocycles. The molecule has 2 nitrogen and oxygen atoms in total. The molecule has 1 unspecified atom stereocenters. The lowest BCUT2D eigenvalue weighted by molar-refractivity contribution is -0.232. The van der Waals surface area contributed by atoms with Crippen LogP contribution in [0.4, 0.5) is 0 Å². The monoisotopic (exact) mass is 292 g/mol. The smallest absolute Gasteiger partial charge is 0.192 e. The van der Waals surface area contributed by atoms with Crippen molar-refractivity contribution in [3.8, 4) is 0 Å². The van der Waals surface area contributed by atoms with Gasteiger partial charge in [0.2, 0.25) is 0 Å². The Labute approximate surface area is 130 Å². The van der Waals surface area contributed by atoms with Crippen LogP contribution < -0.4 is 0 Å². The second kappa shape index (κ2) is 6.50. The highest BCUT2D eigenvalue weighted by Gasteiger charge is 2.42. The van der Waals surface area contributed by atoms with Crippen LogP contribution in [0.25, 0.3) is 0 Å². The van der Waals surface area contributed by atoms with Gasteiger partial charge in [-0.15, -0.1) is 0 Å². The molecule has 0 aliphatic rings. The molecule has 120 valence electrons. The topological polar surface area (TPSA) is 29.5 Å². The van der Waals surface area contributed by atoms with Crippen molar-refractivity contribution < 1.29 is 9.84 Å². The first kappa shape index (κ1) is 18.2. The number of aliphatic hydroxyl groups is 1. The van der Waals surface area contributed by atoms with Crippen LogP contribution in [-0.4, -0.2) is 11.7 Å². The zero-order valence-electron chi connectivity index (χ0n) is 14.7. The van der Waals surface area contributed by atoms with Gasteiger partial charge in [-0.2, -0.15) is 0 Å². The molecule has 1 N–H and O–H groups in total. The molecular formula is C19H32O2. The van der Waals surface area contributed by atoms with Gasteiger partial charge in [-0.1, -0.05) is 71.9 Å². The third-order valence-electron chi connectivity index (χ3n) is 4.18. The Kier molecular flexibility index (Phi) is 5.63. The average Bonchev–Trinajstić information content (AvgIpc) is 2.35. The summed E-state index contributed by atoms with van der Waals surface area (Å²) in [7, 11) is 0. The van der Waals surface area contributed by atoms with Gasteiger partial charge in [0.25, 0.3) is 0 Å². The van der Waals surface area contributed by atoms with E-state index in [0.29, 0.717) is 18.9 Å². The lowest BCUT2D eigenvalue weighted by atomic mass is 9.63. The van der Waals surface area contributed by atoms with Crippen molar-refractivity contribution >= 4 is 0 Å². The van der Waals surface area contributed by atoms with Crippen molar-refractivity contribution in [2.75, 3.05) is 6.61 Å². The fourth-order valence-electron chi connectivity index (χ4n) is 3.39. The van der Waals surface area contributed by atoms with Gasteiger partial charge < -0.3 is 9.84 Å². The van der Waals surface area contributed by atoms with Crippen LogP contribution in [0.5, 0.6) is 0 Å². The zero-order chi connectivity index (χ0) is 16.3. The van der Waals surface area contributed by atoms with E-state index in [0.717, 1.165) is 5.56 Å². The first-order valence-electron chi connectivity index (χ1n) is 7.92. The maximum absolute atomic E-state index is 11.2. The van der Waals surface area contributed by atoms with Crippen LogP contribution in [0.3, 0.4) is 0 Å². The van der Waals surface area contributed by atoms with E-state index in [-0.39, 0.29) is 10.8 Å². The van der Waals surface area contributed by atoms with Crippen LogP contribution in [0.1, 0.15) is 60.5 Å². The van der Waals surface area contributed by atoms with Crippen molar-refractivity contribution in [1.29, 1.82) is 0 Å². The first-order chi connectivity index (χ1) is 9.50. The van der Waals surface area contributed by atoms with Crippen molar-refractivity contribution in [2.45, 2.75) is 60.7 Å². The maximum atomic E-state index is 11.2. The maximum Gasteiger partial charge on any atom is 0.192 e. The van der Waals surface area contributed by atoms with E-state index in [4.69, 9.17) is 4.74 Å². The average molecular weight is 292 g/mol. The van der Waals surface area contributed by atoms with Gasteiger partial charge >= 0.3 is 0 Å². The molecule has 0 aliphatic heterocycles. The molecule has 0 spiro atoms. The normalized spacial score (nSPS) is 16.0. The molecule has 0 heterocycles. The standard InChI is InChI=1S/C19H32O2/c1-8-21-19(20,15-12-10-9-11-13-15)14-16(17(2,3)4)18(5,6)7/h9-13,16,20H,8,14H2,1-7H3. The Morgan fingerprint density at radius 1 is 0.952 bits per heavy atom. The zero-order valence-corrected chi connectivity index (χ0v) is 14.7. The minimum absolute atomic E-state index is 0.0953. The Morgan fingerprint density at radius 3 is 1.81 bits per heavy atom. The molecule has 0 amide bonds. The highest BCUT2D eigenvalue weighted by molar-refractivity contribution is 5.20. The Bertz CT molecular complexity index is 411. The Balaban J connectivity index is 3.17. The van der Waals surface area contributed by atoms with Gasteiger partial charge in [0.1, 0.15) is 0 Å². The second-order valence-electron chi connectivity index (χ2n) is 8.07. The van der Waals surface area contributed by atoms with E-state index in [9.17, 15) is 5.11 Å². The third-order valence-corrected chi connectivity index (χ3v) is 4.18. The fraction of sp³-hybridized carbons (Fsp3) is 0.684. The molecule has 1 rings (SSSR count). The van der Waals surface area contributed by atoms with Gasteiger partial charge in [0.05, 0.1) is 0 Å². The summed E-state index contributed by atoms with van der Waals surface area (Å²) in [5.41, 5.74) is 1.03. The molecule has 1 aromatic carbocycles. The molecule has 1 aromatic rings. The lowest BCUT2D eigenvalue weighted by Crippen LogP contribution is -2.41. The van der Waals surface area contributed by atoms with Crippen molar-refractivity contribution in [1.82, 2.24) is 0 Å². The van der Waals surface area contributed by atoms with Crippen LogP contribution in [0, 0.1) is 16.7 Å². The summed E-state index contributed by atoms with van der Waals surface area (Å²) in [4.78, 5) is 0. The SMILES string of the molecule is CCOC(O)(CC(C(C)(C)C)C(C)(C)C)c1ccccc1. The van der Waals surface area contributed by atoms with E-state index in [1.54, 1.807) is 0 Å². The number of hydrogen-bond donors (Lipinski definition) is 1. The quantitative estimate of drug-likeness (QED) is 0.777. The van der Waals surface area contributed by atoms with Crippen LogP contribution in [-0.2, 0) is 10.5 Å². The number of rotatable bonds is 5. The number of benzene rings is 1. The molecule has 1 atom stereocenters. The summed E-state index contributed by atoms with van der Waals surface area (Å²) in [6.07, 6.45) is 0.595. The highest BCUT2D eigenvalue weighted by Crippen LogP contribution is 2.46. The van der Waals surface area contributed by atoms with Gasteiger partial charge in [-0.3, -0.25) is 0 Å². The largest absolute Gasteiger partial charge is 0.362 e. The lowest BCUT2D eigenvalue weighted by Gasteiger charge is -2.45. The molecular weight excluding hydrogens is 260 g/mol. The van der Waals surface area contributed by atoms with E-state index in [1.807, 2.05) is 37.3 Å². The molecule has 0 fully saturated rings. The molecule has 21 heavy (non-hydrogen) atoms. The summed E-state index contributed by atoms with van der Waals surface area (Å²) < 4.78 is 5.79. The van der Waals surface area contributed by atoms with E-state index < -0.39 is 5.79 Å². The van der Waals surface area contributed by atoms with Gasteiger partial charge in [0.15, 0.2) is 5.79 Å². The van der Waals surface area contributed by atoms with Crippen molar-refractivity contribution in [3.63, 3.8) is 0 Å². The van der Waals surface area contributed by atoms with Crippen LogP contribution >= 0.6 is 0 Å². The van der Waals surface area contributed by atoms with Crippen molar-refractivity contribution in [3.05, 3.63) is 35.9 Å². The molecule has 0 bridgehead atoms. The fourth-order valence-corrected chi connectivity index (χ4v) is 3.39. The summed E-state index contributed by atoms with van der Waals surface area (Å²) in [6, 6.07) is 9.74.